The highest BCUT2D eigenvalue weighted by atomic mass is 16.1. The van der Waals surface area contributed by atoms with Crippen molar-refractivity contribution in [2.45, 2.75) is 13.8 Å². The highest BCUT2D eigenvalue weighted by Gasteiger charge is 2.05. The average molecular weight is 260 g/mol. The lowest BCUT2D eigenvalue weighted by molar-refractivity contribution is -0.115. The summed E-state index contributed by atoms with van der Waals surface area (Å²) in [6.07, 6.45) is 6.74. The number of pyridine rings is 1. The van der Waals surface area contributed by atoms with E-state index in [0.717, 1.165) is 18.9 Å². The van der Waals surface area contributed by atoms with Gasteiger partial charge in [-0.1, -0.05) is 5.92 Å². The first kappa shape index (κ1) is 15.0. The maximum Gasteiger partial charge on any atom is 0.238 e. The van der Waals surface area contributed by atoms with Gasteiger partial charge in [0.05, 0.1) is 25.0 Å². The Balaban J connectivity index is 2.52. The molecule has 0 atom stereocenters. The van der Waals surface area contributed by atoms with Crippen LogP contribution in [0.4, 0.5) is 11.5 Å². The van der Waals surface area contributed by atoms with Crippen molar-refractivity contribution in [2.75, 3.05) is 36.4 Å². The van der Waals surface area contributed by atoms with Crippen LogP contribution in [0.1, 0.15) is 13.8 Å². The summed E-state index contributed by atoms with van der Waals surface area (Å²) in [6, 6.07) is 3.75. The minimum atomic E-state index is -0.132. The molecule has 0 aliphatic rings. The molecule has 0 fully saturated rings. The largest absolute Gasteiger partial charge is 0.357 e. The number of anilines is 2. The second kappa shape index (κ2) is 8.11. The minimum absolute atomic E-state index is 0.132. The Morgan fingerprint density at radius 1 is 1.42 bits per heavy atom. The summed E-state index contributed by atoms with van der Waals surface area (Å²) in [5.74, 6) is 3.19. The summed E-state index contributed by atoms with van der Waals surface area (Å²) in [6.45, 7) is 6.56. The van der Waals surface area contributed by atoms with Crippen molar-refractivity contribution in [3.63, 3.8) is 0 Å². The molecule has 0 aliphatic heterocycles. The van der Waals surface area contributed by atoms with E-state index >= 15 is 0 Å². The van der Waals surface area contributed by atoms with Gasteiger partial charge in [-0.05, 0) is 26.0 Å². The Bertz CT molecular complexity index is 432. The first-order valence-electron chi connectivity index (χ1n) is 6.36. The maximum atomic E-state index is 11.5. The number of nitrogens with one attached hydrogen (secondary N) is 2. The molecule has 1 rings (SSSR count). The van der Waals surface area contributed by atoms with E-state index in [0.29, 0.717) is 12.2 Å². The monoisotopic (exact) mass is 260 g/mol. The Morgan fingerprint density at radius 2 is 2.16 bits per heavy atom. The molecule has 2 N–H and O–H groups in total. The van der Waals surface area contributed by atoms with Crippen LogP contribution in [0.5, 0.6) is 0 Å². The topological polar surface area (TPSA) is 57.3 Å². The predicted octanol–water partition coefficient (Wildman–Crippen LogP) is 1.09. The molecule has 0 aliphatic carbocycles. The molecule has 0 saturated heterocycles. The maximum absolute atomic E-state index is 11.5. The third kappa shape index (κ3) is 4.98. The van der Waals surface area contributed by atoms with Crippen LogP contribution in [0.15, 0.2) is 18.3 Å². The van der Waals surface area contributed by atoms with E-state index in [-0.39, 0.29) is 12.5 Å². The molecule has 1 aromatic heterocycles. The SMILES string of the molecule is C#CCNCC(=O)Nc1ccc(N(CC)CC)nc1. The second-order valence-electron chi connectivity index (χ2n) is 3.93. The second-order valence-corrected chi connectivity index (χ2v) is 3.93. The molecule has 0 spiro atoms. The van der Waals surface area contributed by atoms with Gasteiger partial charge in [0, 0.05) is 13.1 Å². The van der Waals surface area contributed by atoms with E-state index in [1.165, 1.54) is 0 Å². The van der Waals surface area contributed by atoms with Crippen LogP contribution in [0.3, 0.4) is 0 Å². The van der Waals surface area contributed by atoms with E-state index in [2.05, 4.69) is 40.3 Å². The number of carbonyl (C=O) groups is 1. The number of carbonyl (C=O) groups excluding carboxylic acids is 1. The Hall–Kier alpha value is -2.06. The van der Waals surface area contributed by atoms with Crippen molar-refractivity contribution in [3.8, 4) is 12.3 Å². The quantitative estimate of drug-likeness (QED) is 0.569. The van der Waals surface area contributed by atoms with Crippen LogP contribution in [0, 0.1) is 12.3 Å². The third-order valence-electron chi connectivity index (χ3n) is 2.63. The molecule has 1 heterocycles. The van der Waals surface area contributed by atoms with Gasteiger partial charge in [-0.15, -0.1) is 6.42 Å². The van der Waals surface area contributed by atoms with Crippen molar-refractivity contribution in [2.24, 2.45) is 0 Å². The Kier molecular flexibility index (Phi) is 6.41. The highest BCUT2D eigenvalue weighted by molar-refractivity contribution is 5.92. The molecule has 19 heavy (non-hydrogen) atoms. The molecular formula is C14H20N4O. The van der Waals surface area contributed by atoms with E-state index in [1.54, 1.807) is 6.20 Å². The molecule has 0 bridgehead atoms. The number of rotatable bonds is 7. The molecule has 102 valence electrons. The molecule has 1 aromatic rings. The zero-order valence-electron chi connectivity index (χ0n) is 11.4. The molecule has 0 unspecified atom stereocenters. The smallest absolute Gasteiger partial charge is 0.238 e. The number of nitrogens with zero attached hydrogens (tertiary/aromatic N) is 2. The normalized spacial score (nSPS) is 9.74. The van der Waals surface area contributed by atoms with E-state index in [9.17, 15) is 4.79 Å². The molecule has 0 radical (unpaired) electrons. The van der Waals surface area contributed by atoms with Gasteiger partial charge in [0.2, 0.25) is 5.91 Å². The van der Waals surface area contributed by atoms with Gasteiger partial charge >= 0.3 is 0 Å². The molecule has 5 nitrogen and oxygen atoms in total. The summed E-state index contributed by atoms with van der Waals surface area (Å²) in [4.78, 5) is 18.0. The van der Waals surface area contributed by atoms with Crippen molar-refractivity contribution < 1.29 is 4.79 Å². The number of terminal acetylenes is 1. The van der Waals surface area contributed by atoms with Gasteiger partial charge in [-0.3, -0.25) is 10.1 Å². The average Bonchev–Trinajstić information content (AvgIpc) is 2.42. The van der Waals surface area contributed by atoms with Gasteiger partial charge < -0.3 is 10.2 Å². The molecule has 0 saturated carbocycles. The van der Waals surface area contributed by atoms with Gasteiger partial charge in [-0.25, -0.2) is 4.98 Å². The molecule has 1 amide bonds. The van der Waals surface area contributed by atoms with Crippen molar-refractivity contribution in [1.29, 1.82) is 0 Å². The van der Waals surface area contributed by atoms with Crippen molar-refractivity contribution >= 4 is 17.4 Å². The zero-order chi connectivity index (χ0) is 14.1. The summed E-state index contributed by atoms with van der Waals surface area (Å²) in [5, 5.41) is 5.58. The summed E-state index contributed by atoms with van der Waals surface area (Å²) >= 11 is 0. The van der Waals surface area contributed by atoms with E-state index in [1.807, 2.05) is 12.1 Å². The van der Waals surface area contributed by atoms with Gasteiger partial charge in [-0.2, -0.15) is 0 Å². The van der Waals surface area contributed by atoms with Crippen LogP contribution in [0.25, 0.3) is 0 Å². The van der Waals surface area contributed by atoms with Crippen LogP contribution < -0.4 is 15.5 Å². The Labute approximate surface area is 114 Å². The van der Waals surface area contributed by atoms with Crippen LogP contribution in [-0.2, 0) is 4.79 Å². The fourth-order valence-corrected chi connectivity index (χ4v) is 1.65. The van der Waals surface area contributed by atoms with Crippen LogP contribution in [-0.4, -0.2) is 37.1 Å². The number of hydrogen-bond donors (Lipinski definition) is 2. The first-order valence-corrected chi connectivity index (χ1v) is 6.36. The van der Waals surface area contributed by atoms with Crippen molar-refractivity contribution in [3.05, 3.63) is 18.3 Å². The van der Waals surface area contributed by atoms with Crippen molar-refractivity contribution in [1.82, 2.24) is 10.3 Å². The van der Waals surface area contributed by atoms with Crippen LogP contribution >= 0.6 is 0 Å². The van der Waals surface area contributed by atoms with Gasteiger partial charge in [0.1, 0.15) is 5.82 Å². The number of aromatic nitrogens is 1. The third-order valence-corrected chi connectivity index (χ3v) is 2.63. The van der Waals surface area contributed by atoms with Crippen LogP contribution in [0.2, 0.25) is 0 Å². The lowest BCUT2D eigenvalue weighted by Gasteiger charge is -2.19. The molecular weight excluding hydrogens is 240 g/mol. The molecule has 0 aromatic carbocycles. The lowest BCUT2D eigenvalue weighted by atomic mass is 10.3. The standard InChI is InChI=1S/C14H20N4O/c1-4-9-15-11-14(19)17-12-7-8-13(16-10-12)18(5-2)6-3/h1,7-8,10,15H,5-6,9,11H2,2-3H3,(H,17,19). The highest BCUT2D eigenvalue weighted by Crippen LogP contribution is 2.13. The Morgan fingerprint density at radius 3 is 2.68 bits per heavy atom. The van der Waals surface area contributed by atoms with Gasteiger partial charge in [0.25, 0.3) is 0 Å². The zero-order valence-corrected chi connectivity index (χ0v) is 11.4. The predicted molar refractivity (Wildman–Crippen MR) is 78.1 cm³/mol. The lowest BCUT2D eigenvalue weighted by Crippen LogP contribution is -2.28. The first-order chi connectivity index (χ1) is 9.21. The fraction of sp³-hybridized carbons (Fsp3) is 0.429. The summed E-state index contributed by atoms with van der Waals surface area (Å²) in [5.41, 5.74) is 0.684. The number of amides is 1. The van der Waals surface area contributed by atoms with Gasteiger partial charge in [0.15, 0.2) is 0 Å². The molecule has 5 heteroatoms. The summed E-state index contributed by atoms with van der Waals surface area (Å²) in [7, 11) is 0. The summed E-state index contributed by atoms with van der Waals surface area (Å²) < 4.78 is 0. The fourth-order valence-electron chi connectivity index (χ4n) is 1.65. The van der Waals surface area contributed by atoms with E-state index in [4.69, 9.17) is 6.42 Å². The van der Waals surface area contributed by atoms with E-state index < -0.39 is 0 Å². The number of hydrogen-bond acceptors (Lipinski definition) is 4. The minimum Gasteiger partial charge on any atom is -0.357 e.